The summed E-state index contributed by atoms with van der Waals surface area (Å²) in [5, 5.41) is 8.61. The maximum Gasteiger partial charge on any atom is 0.278 e. The molecule has 1 heterocycles. The molecule has 1 aromatic heterocycles. The molecule has 0 saturated heterocycles. The lowest BCUT2D eigenvalue weighted by Crippen LogP contribution is -2.15. The van der Waals surface area contributed by atoms with Crippen LogP contribution in [0.5, 0.6) is 0 Å². The van der Waals surface area contributed by atoms with Gasteiger partial charge in [0.1, 0.15) is 11.6 Å². The number of halogens is 3. The average Bonchev–Trinajstić information content (AvgIpc) is 2.77. The van der Waals surface area contributed by atoms with Gasteiger partial charge in [-0.05, 0) is 28.4 Å². The van der Waals surface area contributed by atoms with E-state index in [1.807, 2.05) is 6.92 Å². The first-order valence-corrected chi connectivity index (χ1v) is 6.52. The lowest BCUT2D eigenvalue weighted by molar-refractivity contribution is 0.102. The minimum absolute atomic E-state index is 0.0273. The minimum atomic E-state index is -0.767. The van der Waals surface area contributed by atoms with Gasteiger partial charge in [0.2, 0.25) is 0 Å². The zero-order chi connectivity index (χ0) is 14.9. The van der Waals surface area contributed by atoms with Crippen molar-refractivity contribution in [2.75, 3.05) is 11.1 Å². The normalized spacial score (nSPS) is 10.6. The predicted molar refractivity (Wildman–Crippen MR) is 74.4 cm³/mol. The van der Waals surface area contributed by atoms with Gasteiger partial charge in [0.05, 0.1) is 21.5 Å². The molecule has 5 nitrogen and oxygen atoms in total. The smallest absolute Gasteiger partial charge is 0.278 e. The van der Waals surface area contributed by atoms with Gasteiger partial charge in [-0.3, -0.25) is 9.89 Å². The number of aromatic nitrogens is 2. The molecule has 8 heteroatoms. The van der Waals surface area contributed by atoms with E-state index in [4.69, 9.17) is 5.73 Å². The van der Waals surface area contributed by atoms with Crippen molar-refractivity contribution in [1.29, 1.82) is 0 Å². The van der Waals surface area contributed by atoms with Gasteiger partial charge in [0, 0.05) is 6.07 Å². The summed E-state index contributed by atoms with van der Waals surface area (Å²) in [6.45, 7) is 1.84. The average molecular weight is 345 g/mol. The van der Waals surface area contributed by atoms with Crippen LogP contribution >= 0.6 is 15.9 Å². The molecule has 1 amide bonds. The summed E-state index contributed by atoms with van der Waals surface area (Å²) in [5.41, 5.74) is 6.20. The van der Waals surface area contributed by atoms with Crippen molar-refractivity contribution in [3.63, 3.8) is 0 Å². The number of carbonyl (C=O) groups is 1. The summed E-state index contributed by atoms with van der Waals surface area (Å²) in [5.74, 6) is -2.17. The maximum absolute atomic E-state index is 13.6. The monoisotopic (exact) mass is 344 g/mol. The van der Waals surface area contributed by atoms with E-state index in [-0.39, 0.29) is 21.5 Å². The summed E-state index contributed by atoms with van der Waals surface area (Å²) in [6.07, 6.45) is 0.577. The molecule has 0 saturated carbocycles. The van der Waals surface area contributed by atoms with E-state index in [1.165, 1.54) is 0 Å². The Balaban J connectivity index is 2.28. The molecular weight excluding hydrogens is 334 g/mol. The van der Waals surface area contributed by atoms with E-state index < -0.39 is 17.5 Å². The highest BCUT2D eigenvalue weighted by Crippen LogP contribution is 2.24. The van der Waals surface area contributed by atoms with Crippen molar-refractivity contribution in [1.82, 2.24) is 10.2 Å². The second-order valence-corrected chi connectivity index (χ2v) is 4.87. The predicted octanol–water partition coefficient (Wildman–Crippen LogP) is 2.85. The number of benzene rings is 1. The lowest BCUT2D eigenvalue weighted by Gasteiger charge is -2.06. The van der Waals surface area contributed by atoms with Crippen LogP contribution in [-0.2, 0) is 6.42 Å². The van der Waals surface area contributed by atoms with Gasteiger partial charge in [0.15, 0.2) is 5.69 Å². The number of aromatic amines is 1. The van der Waals surface area contributed by atoms with E-state index in [0.717, 1.165) is 12.1 Å². The molecular formula is C12H11BrF2N4O. The topological polar surface area (TPSA) is 83.8 Å². The molecule has 0 radical (unpaired) electrons. The molecule has 106 valence electrons. The number of amides is 1. The van der Waals surface area contributed by atoms with Crippen LogP contribution in [0.3, 0.4) is 0 Å². The Bertz CT molecular complexity index is 672. The van der Waals surface area contributed by atoms with Gasteiger partial charge in [-0.15, -0.1) is 0 Å². The molecule has 2 aromatic rings. The van der Waals surface area contributed by atoms with Crippen molar-refractivity contribution in [3.8, 4) is 0 Å². The molecule has 2 rings (SSSR count). The molecule has 0 bridgehead atoms. The number of nitrogens with two attached hydrogens (primary N) is 1. The van der Waals surface area contributed by atoms with Crippen molar-refractivity contribution >= 4 is 33.2 Å². The first-order valence-electron chi connectivity index (χ1n) is 5.72. The van der Waals surface area contributed by atoms with Crippen LogP contribution in [0.1, 0.15) is 23.1 Å². The Morgan fingerprint density at radius 3 is 2.75 bits per heavy atom. The van der Waals surface area contributed by atoms with Gasteiger partial charge in [-0.1, -0.05) is 6.92 Å². The molecule has 0 atom stereocenters. The van der Waals surface area contributed by atoms with Crippen molar-refractivity contribution in [2.45, 2.75) is 13.3 Å². The third-order valence-electron chi connectivity index (χ3n) is 2.71. The van der Waals surface area contributed by atoms with E-state index in [2.05, 4.69) is 31.4 Å². The van der Waals surface area contributed by atoms with Crippen LogP contribution in [0.25, 0.3) is 0 Å². The van der Waals surface area contributed by atoms with E-state index in [9.17, 15) is 13.6 Å². The number of rotatable bonds is 3. The zero-order valence-electron chi connectivity index (χ0n) is 10.4. The SMILES string of the molecule is CCc1[nH]nc(C(=O)Nc2cc(F)c(Br)cc2F)c1N. The van der Waals surface area contributed by atoms with E-state index in [1.54, 1.807) is 0 Å². The van der Waals surface area contributed by atoms with E-state index >= 15 is 0 Å². The largest absolute Gasteiger partial charge is 0.395 e. The number of nitrogens with zero attached hydrogens (tertiary/aromatic N) is 1. The van der Waals surface area contributed by atoms with Crippen LogP contribution in [-0.4, -0.2) is 16.1 Å². The third kappa shape index (κ3) is 2.64. The number of carbonyl (C=O) groups excluding carboxylic acids is 1. The summed E-state index contributed by atoms with van der Waals surface area (Å²) in [7, 11) is 0. The molecule has 20 heavy (non-hydrogen) atoms. The first kappa shape index (κ1) is 14.4. The third-order valence-corrected chi connectivity index (χ3v) is 3.32. The minimum Gasteiger partial charge on any atom is -0.395 e. The second kappa shape index (κ2) is 5.58. The molecule has 4 N–H and O–H groups in total. The second-order valence-electron chi connectivity index (χ2n) is 4.02. The zero-order valence-corrected chi connectivity index (χ0v) is 12.0. The number of hydrogen-bond acceptors (Lipinski definition) is 3. The van der Waals surface area contributed by atoms with Gasteiger partial charge < -0.3 is 11.1 Å². The van der Waals surface area contributed by atoms with Gasteiger partial charge >= 0.3 is 0 Å². The molecule has 0 aliphatic heterocycles. The Morgan fingerprint density at radius 1 is 1.45 bits per heavy atom. The number of nitrogen functional groups attached to an aromatic ring is 1. The summed E-state index contributed by atoms with van der Waals surface area (Å²) in [4.78, 5) is 11.9. The van der Waals surface area contributed by atoms with Gasteiger partial charge in [0.25, 0.3) is 5.91 Å². The fourth-order valence-corrected chi connectivity index (χ4v) is 1.94. The first-order chi connectivity index (χ1) is 9.43. The summed E-state index contributed by atoms with van der Waals surface area (Å²) >= 11 is 2.85. The van der Waals surface area contributed by atoms with Crippen LogP contribution in [0.2, 0.25) is 0 Å². The standard InChI is InChI=1S/C12H11BrF2N4O/c1-2-8-10(16)11(19-18-8)12(20)17-9-4-6(14)5(13)3-7(9)15/h3-4H,2,16H2,1H3,(H,17,20)(H,18,19). The van der Waals surface area contributed by atoms with Crippen LogP contribution in [0, 0.1) is 11.6 Å². The van der Waals surface area contributed by atoms with Crippen molar-refractivity contribution in [2.24, 2.45) is 0 Å². The summed E-state index contributed by atoms with van der Waals surface area (Å²) in [6, 6.07) is 1.80. The summed E-state index contributed by atoms with van der Waals surface area (Å²) < 4.78 is 26.9. The highest BCUT2D eigenvalue weighted by molar-refractivity contribution is 9.10. The van der Waals surface area contributed by atoms with Crippen LogP contribution < -0.4 is 11.1 Å². The molecule has 0 fully saturated rings. The Hall–Kier alpha value is -1.96. The highest BCUT2D eigenvalue weighted by Gasteiger charge is 2.18. The highest BCUT2D eigenvalue weighted by atomic mass is 79.9. The fourth-order valence-electron chi connectivity index (χ4n) is 1.63. The number of nitrogens with one attached hydrogen (secondary N) is 2. The maximum atomic E-state index is 13.6. The van der Waals surface area contributed by atoms with Gasteiger partial charge in [-0.25, -0.2) is 8.78 Å². The molecule has 1 aromatic carbocycles. The van der Waals surface area contributed by atoms with Crippen molar-refractivity contribution in [3.05, 3.63) is 39.6 Å². The number of hydrogen-bond donors (Lipinski definition) is 3. The van der Waals surface area contributed by atoms with Crippen LogP contribution in [0.15, 0.2) is 16.6 Å². The Kier molecular flexibility index (Phi) is 4.03. The molecule has 0 unspecified atom stereocenters. The van der Waals surface area contributed by atoms with Crippen molar-refractivity contribution < 1.29 is 13.6 Å². The van der Waals surface area contributed by atoms with E-state index in [0.29, 0.717) is 12.1 Å². The Labute approximate surface area is 121 Å². The molecule has 0 aliphatic carbocycles. The lowest BCUT2D eigenvalue weighted by atomic mass is 10.2. The number of aryl methyl sites for hydroxylation is 1. The Morgan fingerprint density at radius 2 is 2.15 bits per heavy atom. The number of H-pyrrole nitrogens is 1. The van der Waals surface area contributed by atoms with Gasteiger partial charge in [-0.2, -0.15) is 5.10 Å². The molecule has 0 spiro atoms. The quantitative estimate of drug-likeness (QED) is 0.748. The van der Waals surface area contributed by atoms with Crippen LogP contribution in [0.4, 0.5) is 20.2 Å². The fraction of sp³-hybridized carbons (Fsp3) is 0.167. The number of anilines is 2. The molecule has 0 aliphatic rings.